The fraction of sp³-hybridized carbons (Fsp3) is 0.357. The number of piperidine rings is 1. The number of pyridine rings is 1. The lowest BCUT2D eigenvalue weighted by molar-refractivity contribution is 0.0336. The van der Waals surface area contributed by atoms with Crippen LogP contribution in [0.2, 0.25) is 10.0 Å². The van der Waals surface area contributed by atoms with Crippen molar-refractivity contribution in [2.75, 3.05) is 49.6 Å². The maximum absolute atomic E-state index is 9.07. The van der Waals surface area contributed by atoms with E-state index in [1.807, 2.05) is 28.9 Å². The molecule has 4 aromatic rings. The fourth-order valence-corrected chi connectivity index (χ4v) is 5.70. The maximum atomic E-state index is 9.07. The van der Waals surface area contributed by atoms with E-state index in [2.05, 4.69) is 32.2 Å². The minimum absolute atomic E-state index is 0.180. The first-order chi connectivity index (χ1) is 19.1. The molecule has 2 aliphatic rings. The van der Waals surface area contributed by atoms with E-state index < -0.39 is 0 Å². The minimum atomic E-state index is 0.180. The molecule has 1 aromatic carbocycles. The van der Waals surface area contributed by atoms with Gasteiger partial charge in [0.05, 0.1) is 41.4 Å². The smallest absolute Gasteiger partial charge is 0.155 e. The van der Waals surface area contributed by atoms with Gasteiger partial charge < -0.3 is 15.0 Å². The lowest BCUT2D eigenvalue weighted by Crippen LogP contribution is -2.42. The number of halogens is 2. The van der Waals surface area contributed by atoms with Crippen LogP contribution in [0.1, 0.15) is 24.1 Å². The number of aromatic nitrogens is 4. The summed E-state index contributed by atoms with van der Waals surface area (Å²) in [6.45, 7) is 5.68. The van der Waals surface area contributed by atoms with Crippen LogP contribution in [0, 0.1) is 11.3 Å². The molecule has 1 atom stereocenters. The molecule has 1 unspecified atom stereocenters. The number of nitrogens with zero attached hydrogens (tertiary/aromatic N) is 7. The summed E-state index contributed by atoms with van der Waals surface area (Å²) in [5.74, 6) is 1.64. The number of morpholine rings is 1. The van der Waals surface area contributed by atoms with Crippen LogP contribution in [-0.4, -0.2) is 69.9 Å². The van der Waals surface area contributed by atoms with E-state index in [-0.39, 0.29) is 6.04 Å². The zero-order chi connectivity index (χ0) is 26.8. The minimum Gasteiger partial charge on any atom is -0.379 e. The van der Waals surface area contributed by atoms with E-state index in [9.17, 15) is 0 Å². The Morgan fingerprint density at radius 1 is 1.10 bits per heavy atom. The van der Waals surface area contributed by atoms with Crippen LogP contribution < -0.4 is 10.2 Å². The average molecular weight is 563 g/mol. The number of ether oxygens (including phenoxy) is 1. The Bertz CT molecular complexity index is 1510. The Morgan fingerprint density at radius 3 is 2.74 bits per heavy atom. The molecule has 200 valence electrons. The molecule has 9 nitrogen and oxygen atoms in total. The molecule has 11 heteroatoms. The molecule has 2 saturated heterocycles. The topological polar surface area (TPSA) is 94.6 Å². The number of fused-ring (bicyclic) bond motifs is 1. The SMILES string of the molecule is N#Cc1ccc(NC2CCCN(c3nc(-c4ccc(Cl)cc4Cl)cn4nc(CN5CCOCC5)cc34)C2)nc1. The highest BCUT2D eigenvalue weighted by atomic mass is 35.5. The third-order valence-corrected chi connectivity index (χ3v) is 7.70. The van der Waals surface area contributed by atoms with Crippen molar-refractivity contribution in [1.29, 1.82) is 5.26 Å². The van der Waals surface area contributed by atoms with Crippen LogP contribution in [0.15, 0.2) is 48.8 Å². The van der Waals surface area contributed by atoms with Crippen molar-refractivity contribution in [3.05, 3.63) is 70.1 Å². The summed E-state index contributed by atoms with van der Waals surface area (Å²) in [7, 11) is 0. The molecular formula is C28H28Cl2N8O. The monoisotopic (exact) mass is 562 g/mol. The highest BCUT2D eigenvalue weighted by molar-refractivity contribution is 6.36. The highest BCUT2D eigenvalue weighted by Crippen LogP contribution is 2.33. The molecule has 0 aliphatic carbocycles. The van der Waals surface area contributed by atoms with E-state index in [1.54, 1.807) is 18.3 Å². The van der Waals surface area contributed by atoms with E-state index in [0.29, 0.717) is 15.6 Å². The summed E-state index contributed by atoms with van der Waals surface area (Å²) in [6.07, 6.45) is 5.55. The van der Waals surface area contributed by atoms with Gasteiger partial charge in [0, 0.05) is 55.5 Å². The number of nitriles is 1. The van der Waals surface area contributed by atoms with E-state index in [0.717, 1.165) is 92.9 Å². The summed E-state index contributed by atoms with van der Waals surface area (Å²) in [5.41, 5.74) is 4.05. The quantitative estimate of drug-likeness (QED) is 0.355. The zero-order valence-electron chi connectivity index (χ0n) is 21.4. The third-order valence-electron chi connectivity index (χ3n) is 7.15. The first kappa shape index (κ1) is 25.8. The Hall–Kier alpha value is -3.42. The van der Waals surface area contributed by atoms with E-state index in [1.165, 1.54) is 0 Å². The summed E-state index contributed by atoms with van der Waals surface area (Å²) < 4.78 is 7.44. The van der Waals surface area contributed by atoms with Crippen molar-refractivity contribution >= 4 is 40.4 Å². The first-order valence-electron chi connectivity index (χ1n) is 13.1. The van der Waals surface area contributed by atoms with Crippen molar-refractivity contribution < 1.29 is 4.74 Å². The van der Waals surface area contributed by atoms with Crippen molar-refractivity contribution in [3.63, 3.8) is 0 Å². The van der Waals surface area contributed by atoms with Gasteiger partial charge in [0.15, 0.2) is 5.82 Å². The second-order valence-corrected chi connectivity index (χ2v) is 10.7. The number of hydrogen-bond donors (Lipinski definition) is 1. The predicted octanol–water partition coefficient (Wildman–Crippen LogP) is 4.88. The number of benzene rings is 1. The lowest BCUT2D eigenvalue weighted by atomic mass is 10.1. The summed E-state index contributed by atoms with van der Waals surface area (Å²) in [4.78, 5) is 14.2. The Morgan fingerprint density at radius 2 is 1.97 bits per heavy atom. The first-order valence-corrected chi connectivity index (χ1v) is 13.8. The fourth-order valence-electron chi connectivity index (χ4n) is 5.19. The van der Waals surface area contributed by atoms with Crippen LogP contribution in [-0.2, 0) is 11.3 Å². The van der Waals surface area contributed by atoms with Gasteiger partial charge in [-0.2, -0.15) is 10.4 Å². The largest absolute Gasteiger partial charge is 0.379 e. The van der Waals surface area contributed by atoms with Crippen molar-refractivity contribution in [3.8, 4) is 17.3 Å². The Balaban J connectivity index is 1.33. The summed E-state index contributed by atoms with van der Waals surface area (Å²) in [5, 5.41) is 18.7. The molecule has 39 heavy (non-hydrogen) atoms. The Kier molecular flexibility index (Phi) is 7.53. The van der Waals surface area contributed by atoms with Gasteiger partial charge in [-0.1, -0.05) is 23.2 Å². The molecule has 0 saturated carbocycles. The number of anilines is 2. The average Bonchev–Trinajstić information content (AvgIpc) is 3.36. The third kappa shape index (κ3) is 5.80. The van der Waals surface area contributed by atoms with E-state index in [4.69, 9.17) is 43.3 Å². The zero-order valence-corrected chi connectivity index (χ0v) is 22.9. The van der Waals surface area contributed by atoms with Crippen LogP contribution >= 0.6 is 23.2 Å². The molecule has 2 aliphatic heterocycles. The molecule has 1 N–H and O–H groups in total. The molecule has 0 radical (unpaired) electrons. The molecule has 0 spiro atoms. The van der Waals surface area contributed by atoms with Gasteiger partial charge in [-0.3, -0.25) is 4.90 Å². The van der Waals surface area contributed by atoms with Gasteiger partial charge in [0.25, 0.3) is 0 Å². The van der Waals surface area contributed by atoms with Gasteiger partial charge in [-0.25, -0.2) is 14.5 Å². The second-order valence-electron chi connectivity index (χ2n) is 9.90. The lowest BCUT2D eigenvalue weighted by Gasteiger charge is -2.34. The van der Waals surface area contributed by atoms with Crippen LogP contribution in [0.3, 0.4) is 0 Å². The van der Waals surface area contributed by atoms with Crippen molar-refractivity contribution in [1.82, 2.24) is 24.5 Å². The molecule has 0 bridgehead atoms. The predicted molar refractivity (Wildman–Crippen MR) is 152 cm³/mol. The molecule has 3 aromatic heterocycles. The number of rotatable bonds is 6. The van der Waals surface area contributed by atoms with Crippen molar-refractivity contribution in [2.45, 2.75) is 25.4 Å². The summed E-state index contributed by atoms with van der Waals surface area (Å²) >= 11 is 12.8. The van der Waals surface area contributed by atoms with Gasteiger partial charge in [-0.05, 0) is 49.2 Å². The van der Waals surface area contributed by atoms with Gasteiger partial charge in [0.2, 0.25) is 0 Å². The van der Waals surface area contributed by atoms with Crippen molar-refractivity contribution in [2.24, 2.45) is 0 Å². The van der Waals surface area contributed by atoms with Crippen LogP contribution in [0.5, 0.6) is 0 Å². The van der Waals surface area contributed by atoms with E-state index >= 15 is 0 Å². The Labute approximate surface area is 236 Å². The molecule has 2 fully saturated rings. The maximum Gasteiger partial charge on any atom is 0.155 e. The van der Waals surface area contributed by atoms with Crippen LogP contribution in [0.25, 0.3) is 16.8 Å². The van der Waals surface area contributed by atoms with Gasteiger partial charge in [0.1, 0.15) is 17.4 Å². The molecule has 6 rings (SSSR count). The summed E-state index contributed by atoms with van der Waals surface area (Å²) in [6, 6.07) is 13.5. The van der Waals surface area contributed by atoms with Gasteiger partial charge >= 0.3 is 0 Å². The van der Waals surface area contributed by atoms with Gasteiger partial charge in [-0.15, -0.1) is 0 Å². The molecule has 5 heterocycles. The second kappa shape index (κ2) is 11.4. The van der Waals surface area contributed by atoms with Crippen LogP contribution in [0.4, 0.5) is 11.6 Å². The normalized spacial score (nSPS) is 18.3. The molecular weight excluding hydrogens is 535 g/mol. The number of hydrogen-bond acceptors (Lipinski definition) is 8. The number of nitrogens with one attached hydrogen (secondary N) is 1. The highest BCUT2D eigenvalue weighted by Gasteiger charge is 2.25. The molecule has 0 amide bonds. The standard InChI is InChI=1S/C28H28Cl2N8O/c29-20-4-5-23(24(30)12-20)25-18-38-26(13-22(35-38)16-36-8-10-39-11-9-36)28(34-25)37-7-1-2-21(17-37)33-27-6-3-19(14-31)15-32-27/h3-6,12-13,15,18,21H,1-2,7-11,16-17H2,(H,32,33).